The maximum absolute atomic E-state index is 11.5. The van der Waals surface area contributed by atoms with Gasteiger partial charge in [0.25, 0.3) is 0 Å². The van der Waals surface area contributed by atoms with Crippen molar-refractivity contribution in [2.24, 2.45) is 0 Å². The smallest absolute Gasteiger partial charge is 0.220 e. The average Bonchev–Trinajstić information content (AvgIpc) is 2.54. The van der Waals surface area contributed by atoms with Crippen molar-refractivity contribution in [1.82, 2.24) is 5.32 Å². The van der Waals surface area contributed by atoms with E-state index in [1.807, 2.05) is 18.2 Å². The molecule has 1 aliphatic rings. The number of amides is 1. The Balaban J connectivity index is 2.06. The highest BCUT2D eigenvalue weighted by atomic mass is 16.5. The molecule has 1 fully saturated rings. The van der Waals surface area contributed by atoms with Crippen LogP contribution in [0.5, 0.6) is 5.75 Å². The zero-order valence-electron chi connectivity index (χ0n) is 10.2. The Hall–Kier alpha value is -1.51. The van der Waals surface area contributed by atoms with Crippen molar-refractivity contribution in [3.8, 4) is 5.75 Å². The molecule has 3 nitrogen and oxygen atoms in total. The molecule has 1 amide bonds. The van der Waals surface area contributed by atoms with Gasteiger partial charge in [0.05, 0.1) is 7.11 Å². The van der Waals surface area contributed by atoms with Crippen molar-refractivity contribution in [3.63, 3.8) is 0 Å². The predicted octanol–water partition coefficient (Wildman–Crippen LogP) is 2.30. The van der Waals surface area contributed by atoms with Crippen molar-refractivity contribution in [2.75, 3.05) is 7.11 Å². The van der Waals surface area contributed by atoms with Crippen LogP contribution in [0, 0.1) is 0 Å². The second-order valence-corrected chi connectivity index (χ2v) is 4.53. The molecule has 0 radical (unpaired) electrons. The van der Waals surface area contributed by atoms with Gasteiger partial charge in [-0.3, -0.25) is 4.79 Å². The third-order valence-corrected chi connectivity index (χ3v) is 3.23. The Labute approximate surface area is 102 Å². The topological polar surface area (TPSA) is 38.3 Å². The minimum absolute atomic E-state index is 0.183. The van der Waals surface area contributed by atoms with Gasteiger partial charge in [-0.05, 0) is 30.9 Å². The summed E-state index contributed by atoms with van der Waals surface area (Å²) in [4.78, 5) is 11.5. The summed E-state index contributed by atoms with van der Waals surface area (Å²) in [6, 6.07) is 8.26. The molecular formula is C14H19NO2. The van der Waals surface area contributed by atoms with Gasteiger partial charge in [-0.1, -0.05) is 24.6 Å². The molecule has 0 saturated carbocycles. The molecule has 1 aromatic rings. The number of hydrogen-bond donors (Lipinski definition) is 1. The van der Waals surface area contributed by atoms with Crippen molar-refractivity contribution in [3.05, 3.63) is 29.8 Å². The number of methoxy groups -OCH3 is 1. The molecule has 1 saturated heterocycles. The molecule has 1 atom stereocenters. The molecule has 1 heterocycles. The summed E-state index contributed by atoms with van der Waals surface area (Å²) in [5.41, 5.74) is 1.17. The fourth-order valence-corrected chi connectivity index (χ4v) is 2.34. The Kier molecular flexibility index (Phi) is 4.02. The Morgan fingerprint density at radius 3 is 3.00 bits per heavy atom. The van der Waals surface area contributed by atoms with Gasteiger partial charge in [-0.15, -0.1) is 0 Å². The Morgan fingerprint density at radius 1 is 1.35 bits per heavy atom. The van der Waals surface area contributed by atoms with Crippen LogP contribution in [0.25, 0.3) is 0 Å². The maximum Gasteiger partial charge on any atom is 0.220 e. The van der Waals surface area contributed by atoms with Gasteiger partial charge in [-0.2, -0.15) is 0 Å². The average molecular weight is 233 g/mol. The first-order valence-electron chi connectivity index (χ1n) is 6.21. The standard InChI is InChI=1S/C14H19NO2/c1-17-13-8-4-2-6-11(13)10-12-7-3-5-9-14(16)15-12/h2,4,6,8,12H,3,5,7,9-10H2,1H3,(H,15,16). The van der Waals surface area contributed by atoms with Gasteiger partial charge in [0.15, 0.2) is 0 Å². The van der Waals surface area contributed by atoms with E-state index in [1.165, 1.54) is 5.56 Å². The minimum Gasteiger partial charge on any atom is -0.496 e. The van der Waals surface area contributed by atoms with Gasteiger partial charge in [0.1, 0.15) is 5.75 Å². The van der Waals surface area contributed by atoms with Gasteiger partial charge in [0, 0.05) is 12.5 Å². The number of rotatable bonds is 3. The third kappa shape index (κ3) is 3.22. The number of para-hydroxylation sites is 1. The number of ether oxygens (including phenoxy) is 1. The molecule has 1 N–H and O–H groups in total. The number of nitrogens with one attached hydrogen (secondary N) is 1. The lowest BCUT2D eigenvalue weighted by Crippen LogP contribution is -2.34. The van der Waals surface area contributed by atoms with Crippen LogP contribution in [0.2, 0.25) is 0 Å². The highest BCUT2D eigenvalue weighted by molar-refractivity contribution is 5.76. The van der Waals surface area contributed by atoms with Gasteiger partial charge >= 0.3 is 0 Å². The highest BCUT2D eigenvalue weighted by Gasteiger charge is 2.17. The number of benzene rings is 1. The summed E-state index contributed by atoms with van der Waals surface area (Å²) in [7, 11) is 1.69. The quantitative estimate of drug-likeness (QED) is 0.870. The van der Waals surface area contributed by atoms with E-state index in [0.29, 0.717) is 6.42 Å². The molecule has 17 heavy (non-hydrogen) atoms. The lowest BCUT2D eigenvalue weighted by atomic mass is 10.0. The van der Waals surface area contributed by atoms with Gasteiger partial charge < -0.3 is 10.1 Å². The molecule has 0 bridgehead atoms. The fraction of sp³-hybridized carbons (Fsp3) is 0.500. The van der Waals surface area contributed by atoms with Crippen LogP contribution in [0.15, 0.2) is 24.3 Å². The van der Waals surface area contributed by atoms with Crippen LogP contribution in [0.1, 0.15) is 31.2 Å². The van der Waals surface area contributed by atoms with E-state index >= 15 is 0 Å². The Morgan fingerprint density at radius 2 is 2.18 bits per heavy atom. The lowest BCUT2D eigenvalue weighted by Gasteiger charge is -2.17. The first-order valence-corrected chi connectivity index (χ1v) is 6.21. The monoisotopic (exact) mass is 233 g/mol. The molecule has 0 aliphatic carbocycles. The van der Waals surface area contributed by atoms with Crippen molar-refractivity contribution in [1.29, 1.82) is 0 Å². The molecule has 1 unspecified atom stereocenters. The van der Waals surface area contributed by atoms with Gasteiger partial charge in [0.2, 0.25) is 5.91 Å². The summed E-state index contributed by atoms with van der Waals surface area (Å²) < 4.78 is 5.33. The highest BCUT2D eigenvalue weighted by Crippen LogP contribution is 2.21. The zero-order valence-corrected chi connectivity index (χ0v) is 10.2. The normalized spacial score (nSPS) is 20.5. The zero-order chi connectivity index (χ0) is 12.1. The van der Waals surface area contributed by atoms with E-state index in [1.54, 1.807) is 7.11 Å². The second kappa shape index (κ2) is 5.71. The number of carbonyl (C=O) groups is 1. The second-order valence-electron chi connectivity index (χ2n) is 4.53. The molecule has 2 rings (SSSR count). The molecule has 1 aliphatic heterocycles. The molecule has 92 valence electrons. The van der Waals surface area contributed by atoms with E-state index in [4.69, 9.17) is 4.74 Å². The van der Waals surface area contributed by atoms with E-state index < -0.39 is 0 Å². The van der Waals surface area contributed by atoms with E-state index in [9.17, 15) is 4.79 Å². The van der Waals surface area contributed by atoms with E-state index in [2.05, 4.69) is 11.4 Å². The Bertz CT molecular complexity index is 390. The maximum atomic E-state index is 11.5. The summed E-state index contributed by atoms with van der Waals surface area (Å²) in [6.45, 7) is 0. The van der Waals surface area contributed by atoms with Crippen LogP contribution < -0.4 is 10.1 Å². The molecule has 1 aromatic carbocycles. The van der Waals surface area contributed by atoms with Crippen molar-refractivity contribution < 1.29 is 9.53 Å². The summed E-state index contributed by atoms with van der Waals surface area (Å²) in [6.07, 6.45) is 4.72. The molecule has 0 spiro atoms. The van der Waals surface area contributed by atoms with Crippen molar-refractivity contribution in [2.45, 2.75) is 38.1 Å². The van der Waals surface area contributed by atoms with E-state index in [0.717, 1.165) is 31.4 Å². The first kappa shape index (κ1) is 12.0. The SMILES string of the molecule is COc1ccccc1CC1CCCCC(=O)N1. The van der Waals surface area contributed by atoms with E-state index in [-0.39, 0.29) is 11.9 Å². The lowest BCUT2D eigenvalue weighted by molar-refractivity contribution is -0.121. The number of hydrogen-bond acceptors (Lipinski definition) is 2. The number of carbonyl (C=O) groups excluding carboxylic acids is 1. The minimum atomic E-state index is 0.183. The van der Waals surface area contributed by atoms with Crippen LogP contribution >= 0.6 is 0 Å². The summed E-state index contributed by atoms with van der Waals surface area (Å²) >= 11 is 0. The molecule has 0 aromatic heterocycles. The predicted molar refractivity (Wildman–Crippen MR) is 67.1 cm³/mol. The largest absolute Gasteiger partial charge is 0.496 e. The molecule has 3 heteroatoms. The fourth-order valence-electron chi connectivity index (χ4n) is 2.34. The summed E-state index contributed by atoms with van der Waals surface area (Å²) in [5, 5.41) is 3.08. The van der Waals surface area contributed by atoms with Crippen molar-refractivity contribution >= 4 is 5.91 Å². The van der Waals surface area contributed by atoms with Crippen LogP contribution in [0.4, 0.5) is 0 Å². The van der Waals surface area contributed by atoms with Crippen LogP contribution in [0.3, 0.4) is 0 Å². The van der Waals surface area contributed by atoms with Crippen LogP contribution in [-0.2, 0) is 11.2 Å². The molecular weight excluding hydrogens is 214 g/mol. The third-order valence-electron chi connectivity index (χ3n) is 3.23. The van der Waals surface area contributed by atoms with Crippen LogP contribution in [-0.4, -0.2) is 19.1 Å². The first-order chi connectivity index (χ1) is 8.29. The van der Waals surface area contributed by atoms with Gasteiger partial charge in [-0.25, -0.2) is 0 Å². The summed E-state index contributed by atoms with van der Waals surface area (Å²) in [5.74, 6) is 1.09.